The zero-order valence-electron chi connectivity index (χ0n) is 7.62. The summed E-state index contributed by atoms with van der Waals surface area (Å²) < 4.78 is 0. The van der Waals surface area contributed by atoms with Crippen LogP contribution in [-0.2, 0) is 4.79 Å². The molecule has 2 heteroatoms. The number of rotatable bonds is 3. The van der Waals surface area contributed by atoms with Crippen molar-refractivity contribution in [1.29, 1.82) is 0 Å². The Labute approximate surface area is 73.7 Å². The second-order valence-corrected chi connectivity index (χ2v) is 4.41. The van der Waals surface area contributed by atoms with Gasteiger partial charge in [0.1, 0.15) is 0 Å². The molecule has 0 aromatic heterocycles. The minimum Gasteiger partial charge on any atom is -0.356 e. The summed E-state index contributed by atoms with van der Waals surface area (Å²) in [6.45, 7) is 2.14. The van der Waals surface area contributed by atoms with Crippen LogP contribution >= 0.6 is 0 Å². The van der Waals surface area contributed by atoms with Crippen molar-refractivity contribution in [2.24, 2.45) is 17.8 Å². The van der Waals surface area contributed by atoms with Crippen LogP contribution in [0.2, 0.25) is 0 Å². The fraction of sp³-hybridized carbons (Fsp3) is 0.900. The first-order valence-electron chi connectivity index (χ1n) is 5.01. The van der Waals surface area contributed by atoms with Crippen LogP contribution in [-0.4, -0.2) is 12.5 Å². The quantitative estimate of drug-likeness (QED) is 0.635. The molecule has 0 saturated heterocycles. The minimum atomic E-state index is 0.401. The first kappa shape index (κ1) is 8.09. The summed E-state index contributed by atoms with van der Waals surface area (Å²) in [4.78, 5) is 10.3. The van der Waals surface area contributed by atoms with E-state index in [4.69, 9.17) is 0 Å². The maximum absolute atomic E-state index is 10.3. The Morgan fingerprint density at radius 2 is 2.25 bits per heavy atom. The van der Waals surface area contributed by atoms with Crippen LogP contribution in [0.1, 0.15) is 32.6 Å². The summed E-state index contributed by atoms with van der Waals surface area (Å²) in [5.74, 6) is 2.67. The van der Waals surface area contributed by atoms with E-state index >= 15 is 0 Å². The zero-order chi connectivity index (χ0) is 8.55. The number of carbonyl (C=O) groups excluding carboxylic acids is 1. The normalized spacial score (nSPS) is 41.2. The molecule has 2 aliphatic carbocycles. The van der Waals surface area contributed by atoms with Gasteiger partial charge in [0.2, 0.25) is 6.41 Å². The smallest absolute Gasteiger partial charge is 0.207 e. The van der Waals surface area contributed by atoms with Crippen LogP contribution < -0.4 is 5.32 Å². The number of nitrogens with one attached hydrogen (secondary N) is 1. The third-order valence-corrected chi connectivity index (χ3v) is 3.77. The first-order valence-corrected chi connectivity index (χ1v) is 5.01. The maximum atomic E-state index is 10.3. The van der Waals surface area contributed by atoms with Gasteiger partial charge < -0.3 is 5.32 Å². The first-order chi connectivity index (χ1) is 5.81. The second-order valence-electron chi connectivity index (χ2n) is 4.41. The van der Waals surface area contributed by atoms with Crippen molar-refractivity contribution in [3.05, 3.63) is 0 Å². The Morgan fingerprint density at radius 3 is 2.75 bits per heavy atom. The lowest BCUT2D eigenvalue weighted by Gasteiger charge is -2.27. The summed E-state index contributed by atoms with van der Waals surface area (Å²) in [7, 11) is 0. The molecule has 2 fully saturated rings. The van der Waals surface area contributed by atoms with Gasteiger partial charge in [-0.2, -0.15) is 0 Å². The zero-order valence-corrected chi connectivity index (χ0v) is 7.62. The molecular weight excluding hydrogens is 150 g/mol. The molecule has 2 bridgehead atoms. The van der Waals surface area contributed by atoms with Crippen molar-refractivity contribution < 1.29 is 4.79 Å². The van der Waals surface area contributed by atoms with Crippen LogP contribution in [0.3, 0.4) is 0 Å². The van der Waals surface area contributed by atoms with Crippen LogP contribution in [0.4, 0.5) is 0 Å². The molecule has 68 valence electrons. The lowest BCUT2D eigenvalue weighted by Crippen LogP contribution is -2.35. The number of hydrogen-bond donors (Lipinski definition) is 1. The highest BCUT2D eigenvalue weighted by atomic mass is 16.1. The number of hydrogen-bond acceptors (Lipinski definition) is 1. The molecule has 2 nitrogen and oxygen atoms in total. The number of fused-ring (bicyclic) bond motifs is 2. The molecule has 1 N–H and O–H groups in total. The lowest BCUT2D eigenvalue weighted by molar-refractivity contribution is -0.110. The van der Waals surface area contributed by atoms with Gasteiger partial charge in [-0.25, -0.2) is 0 Å². The fourth-order valence-electron chi connectivity index (χ4n) is 3.14. The van der Waals surface area contributed by atoms with Crippen LogP contribution in [0.25, 0.3) is 0 Å². The Bertz CT molecular complexity index is 181. The molecule has 12 heavy (non-hydrogen) atoms. The second kappa shape index (κ2) is 3.08. The number of amides is 1. The third-order valence-electron chi connectivity index (χ3n) is 3.77. The predicted octanol–water partition coefficient (Wildman–Crippen LogP) is 1.56. The summed E-state index contributed by atoms with van der Waals surface area (Å²) in [5, 5.41) is 2.89. The summed E-state index contributed by atoms with van der Waals surface area (Å²) in [6.07, 6.45) is 6.47. The molecule has 2 rings (SSSR count). The third kappa shape index (κ3) is 1.23. The molecule has 1 amide bonds. The van der Waals surface area contributed by atoms with E-state index in [0.717, 1.165) is 24.2 Å². The molecule has 2 aliphatic rings. The van der Waals surface area contributed by atoms with E-state index in [1.165, 1.54) is 25.7 Å². The standard InChI is InChI=1S/C10H17NO/c1-7(11-6-12)10-5-8-2-3-9(10)4-8/h6-10H,2-5H2,1H3,(H,11,12). The topological polar surface area (TPSA) is 29.1 Å². The molecule has 0 spiro atoms. The van der Waals surface area contributed by atoms with Gasteiger partial charge in [0.25, 0.3) is 0 Å². The van der Waals surface area contributed by atoms with E-state index in [0.29, 0.717) is 6.04 Å². The molecule has 4 atom stereocenters. The maximum Gasteiger partial charge on any atom is 0.207 e. The average molecular weight is 167 g/mol. The van der Waals surface area contributed by atoms with Crippen LogP contribution in [0.15, 0.2) is 0 Å². The SMILES string of the molecule is CC(NC=O)C1CC2CCC1C2. The number of carbonyl (C=O) groups is 1. The van der Waals surface area contributed by atoms with Crippen LogP contribution in [0.5, 0.6) is 0 Å². The molecule has 2 saturated carbocycles. The molecule has 0 heterocycles. The van der Waals surface area contributed by atoms with Gasteiger partial charge >= 0.3 is 0 Å². The van der Waals surface area contributed by atoms with Gasteiger partial charge in [0.05, 0.1) is 0 Å². The molecule has 0 aromatic carbocycles. The van der Waals surface area contributed by atoms with Crippen molar-refractivity contribution in [3.8, 4) is 0 Å². The predicted molar refractivity (Wildman–Crippen MR) is 47.6 cm³/mol. The monoisotopic (exact) mass is 167 g/mol. The molecule has 0 radical (unpaired) electrons. The summed E-state index contributed by atoms with van der Waals surface area (Å²) >= 11 is 0. The van der Waals surface area contributed by atoms with Crippen molar-refractivity contribution in [2.45, 2.75) is 38.6 Å². The summed E-state index contributed by atoms with van der Waals surface area (Å²) in [6, 6.07) is 0.401. The highest BCUT2D eigenvalue weighted by molar-refractivity contribution is 5.46. The Hall–Kier alpha value is -0.530. The highest BCUT2D eigenvalue weighted by Crippen LogP contribution is 2.49. The van der Waals surface area contributed by atoms with Crippen molar-refractivity contribution in [3.63, 3.8) is 0 Å². The molecular formula is C10H17NO. The highest BCUT2D eigenvalue weighted by Gasteiger charge is 2.41. The minimum absolute atomic E-state index is 0.401. The fourth-order valence-corrected chi connectivity index (χ4v) is 3.14. The molecule has 0 aromatic rings. The van der Waals surface area contributed by atoms with E-state index in [9.17, 15) is 4.79 Å². The summed E-state index contributed by atoms with van der Waals surface area (Å²) in [5.41, 5.74) is 0. The van der Waals surface area contributed by atoms with Crippen LogP contribution in [0, 0.1) is 17.8 Å². The van der Waals surface area contributed by atoms with Crippen molar-refractivity contribution in [2.75, 3.05) is 0 Å². The van der Waals surface area contributed by atoms with E-state index in [1.807, 2.05) is 0 Å². The average Bonchev–Trinajstić information content (AvgIpc) is 2.64. The Morgan fingerprint density at radius 1 is 1.42 bits per heavy atom. The van der Waals surface area contributed by atoms with E-state index < -0.39 is 0 Å². The van der Waals surface area contributed by atoms with Gasteiger partial charge in [0, 0.05) is 6.04 Å². The lowest BCUT2D eigenvalue weighted by atomic mass is 9.84. The van der Waals surface area contributed by atoms with E-state index in [-0.39, 0.29) is 0 Å². The molecule has 0 aliphatic heterocycles. The van der Waals surface area contributed by atoms with Crippen molar-refractivity contribution in [1.82, 2.24) is 5.32 Å². The van der Waals surface area contributed by atoms with E-state index in [2.05, 4.69) is 12.2 Å². The molecule has 4 unspecified atom stereocenters. The largest absolute Gasteiger partial charge is 0.356 e. The van der Waals surface area contributed by atoms with Gasteiger partial charge in [-0.3, -0.25) is 4.79 Å². The van der Waals surface area contributed by atoms with Gasteiger partial charge in [0.15, 0.2) is 0 Å². The van der Waals surface area contributed by atoms with E-state index in [1.54, 1.807) is 0 Å². The van der Waals surface area contributed by atoms with Gasteiger partial charge in [-0.05, 0) is 43.9 Å². The van der Waals surface area contributed by atoms with Crippen molar-refractivity contribution >= 4 is 6.41 Å². The van der Waals surface area contributed by atoms with Gasteiger partial charge in [-0.1, -0.05) is 6.42 Å². The Kier molecular flexibility index (Phi) is 2.07. The Balaban J connectivity index is 1.92. The van der Waals surface area contributed by atoms with Gasteiger partial charge in [-0.15, -0.1) is 0 Å².